The van der Waals surface area contributed by atoms with Crippen LogP contribution in [-0.2, 0) is 21.4 Å². The number of carboxylic acids is 1. The zero-order valence-corrected chi connectivity index (χ0v) is 14.9. The maximum atomic E-state index is 12.8. The van der Waals surface area contributed by atoms with E-state index in [1.54, 1.807) is 31.2 Å². The summed E-state index contributed by atoms with van der Waals surface area (Å²) >= 11 is 0. The Kier molecular flexibility index (Phi) is 4.06. The van der Waals surface area contributed by atoms with Crippen molar-refractivity contribution in [2.45, 2.75) is 43.9 Å². The zero-order valence-electron chi connectivity index (χ0n) is 14.9. The van der Waals surface area contributed by atoms with Gasteiger partial charge in [0.2, 0.25) is 5.91 Å². The van der Waals surface area contributed by atoms with Crippen LogP contribution in [0, 0.1) is 5.92 Å². The van der Waals surface area contributed by atoms with Crippen molar-refractivity contribution in [1.29, 1.82) is 0 Å². The van der Waals surface area contributed by atoms with Gasteiger partial charge >= 0.3 is 5.97 Å². The first kappa shape index (κ1) is 16.8. The van der Waals surface area contributed by atoms with E-state index in [9.17, 15) is 9.59 Å². The molecule has 2 aliphatic carbocycles. The number of hydrogen-bond donors (Lipinski definition) is 2. The minimum Gasteiger partial charge on any atom is -0.481 e. The highest BCUT2D eigenvalue weighted by molar-refractivity contribution is 5.96. The fourth-order valence-electron chi connectivity index (χ4n) is 4.40. The van der Waals surface area contributed by atoms with Gasteiger partial charge in [0, 0.05) is 17.0 Å². The molecule has 0 aliphatic heterocycles. The molecule has 3 unspecified atom stereocenters. The summed E-state index contributed by atoms with van der Waals surface area (Å²) < 4.78 is 0. The number of hydrogen-bond acceptors (Lipinski definition) is 2. The van der Waals surface area contributed by atoms with E-state index in [1.807, 2.05) is 0 Å². The van der Waals surface area contributed by atoms with Gasteiger partial charge in [-0.05, 0) is 61.4 Å². The summed E-state index contributed by atoms with van der Waals surface area (Å²) in [6, 6.07) is 15.6. The lowest BCUT2D eigenvalue weighted by atomic mass is 9.78. The van der Waals surface area contributed by atoms with Crippen molar-refractivity contribution in [3.63, 3.8) is 0 Å². The predicted molar refractivity (Wildman–Crippen MR) is 100 cm³/mol. The number of amides is 1. The molecule has 0 bridgehead atoms. The number of anilines is 1. The maximum absolute atomic E-state index is 12.8. The second-order valence-electron chi connectivity index (χ2n) is 7.59. The smallest absolute Gasteiger partial charge is 0.310 e. The van der Waals surface area contributed by atoms with Crippen LogP contribution >= 0.6 is 0 Å². The Morgan fingerprint density at radius 1 is 1.15 bits per heavy atom. The summed E-state index contributed by atoms with van der Waals surface area (Å²) in [5.74, 6) is -1.30. The lowest BCUT2D eigenvalue weighted by Crippen LogP contribution is -2.24. The van der Waals surface area contributed by atoms with Crippen LogP contribution in [0.5, 0.6) is 0 Å². The molecule has 4 heteroatoms. The second kappa shape index (κ2) is 6.27. The lowest BCUT2D eigenvalue weighted by molar-refractivity contribution is -0.138. The zero-order chi connectivity index (χ0) is 18.3. The Labute approximate surface area is 153 Å². The van der Waals surface area contributed by atoms with Crippen LogP contribution in [0.3, 0.4) is 0 Å². The summed E-state index contributed by atoms with van der Waals surface area (Å²) in [4.78, 5) is 23.8. The van der Waals surface area contributed by atoms with E-state index >= 15 is 0 Å². The van der Waals surface area contributed by atoms with Gasteiger partial charge in [-0.3, -0.25) is 9.59 Å². The first-order valence-corrected chi connectivity index (χ1v) is 9.23. The number of aryl methyl sites for hydroxylation is 1. The van der Waals surface area contributed by atoms with Gasteiger partial charge in [-0.2, -0.15) is 0 Å². The van der Waals surface area contributed by atoms with Crippen LogP contribution in [0.15, 0.2) is 48.5 Å². The van der Waals surface area contributed by atoms with Crippen molar-refractivity contribution < 1.29 is 14.7 Å². The third-order valence-corrected chi connectivity index (χ3v) is 6.06. The van der Waals surface area contributed by atoms with E-state index in [0.29, 0.717) is 0 Å². The first-order chi connectivity index (χ1) is 12.5. The molecule has 2 aliphatic rings. The number of carbonyl (C=O) groups excluding carboxylic acids is 1. The molecule has 134 valence electrons. The number of fused-ring (bicyclic) bond motifs is 2. The molecular weight excluding hydrogens is 326 g/mol. The number of carbonyl (C=O) groups is 2. The molecule has 1 fully saturated rings. The molecule has 1 spiro atoms. The Balaban J connectivity index is 1.47. The van der Waals surface area contributed by atoms with Crippen molar-refractivity contribution in [3.8, 4) is 0 Å². The first-order valence-electron chi connectivity index (χ1n) is 9.23. The summed E-state index contributed by atoms with van der Waals surface area (Å²) in [6.45, 7) is 1.66. The molecule has 0 saturated heterocycles. The van der Waals surface area contributed by atoms with Crippen molar-refractivity contribution in [1.82, 2.24) is 0 Å². The van der Waals surface area contributed by atoms with Gasteiger partial charge in [-0.15, -0.1) is 0 Å². The van der Waals surface area contributed by atoms with Crippen LogP contribution in [-0.4, -0.2) is 17.0 Å². The highest BCUT2D eigenvalue weighted by atomic mass is 16.4. The molecule has 0 heterocycles. The van der Waals surface area contributed by atoms with Gasteiger partial charge in [0.25, 0.3) is 0 Å². The molecule has 26 heavy (non-hydrogen) atoms. The monoisotopic (exact) mass is 349 g/mol. The summed E-state index contributed by atoms with van der Waals surface area (Å²) in [7, 11) is 0. The molecule has 0 aromatic heterocycles. The average Bonchev–Trinajstić information content (AvgIpc) is 3.37. The van der Waals surface area contributed by atoms with Gasteiger partial charge in [-0.1, -0.05) is 36.4 Å². The second-order valence-corrected chi connectivity index (χ2v) is 7.59. The highest BCUT2D eigenvalue weighted by Crippen LogP contribution is 2.60. The number of nitrogens with one attached hydrogen (secondary N) is 1. The van der Waals surface area contributed by atoms with E-state index in [-0.39, 0.29) is 17.2 Å². The topological polar surface area (TPSA) is 66.4 Å². The van der Waals surface area contributed by atoms with Crippen LogP contribution in [0.1, 0.15) is 48.8 Å². The molecule has 2 N–H and O–H groups in total. The largest absolute Gasteiger partial charge is 0.481 e. The summed E-state index contributed by atoms with van der Waals surface area (Å²) in [5, 5.41) is 12.1. The summed E-state index contributed by atoms with van der Waals surface area (Å²) in [6.07, 6.45) is 4.25. The average molecular weight is 349 g/mol. The third-order valence-electron chi connectivity index (χ3n) is 6.06. The van der Waals surface area contributed by atoms with Crippen molar-refractivity contribution >= 4 is 17.6 Å². The van der Waals surface area contributed by atoms with Gasteiger partial charge in [0.1, 0.15) is 0 Å². The van der Waals surface area contributed by atoms with Crippen LogP contribution < -0.4 is 5.32 Å². The fourth-order valence-corrected chi connectivity index (χ4v) is 4.40. The molecule has 4 rings (SSSR count). The van der Waals surface area contributed by atoms with E-state index in [1.165, 1.54) is 11.1 Å². The number of aliphatic carboxylic acids is 1. The fraction of sp³-hybridized carbons (Fsp3) is 0.364. The van der Waals surface area contributed by atoms with Gasteiger partial charge in [-0.25, -0.2) is 0 Å². The molecule has 4 nitrogen and oxygen atoms in total. The number of rotatable bonds is 4. The third kappa shape index (κ3) is 2.79. The quantitative estimate of drug-likeness (QED) is 0.873. The van der Waals surface area contributed by atoms with Gasteiger partial charge in [0.15, 0.2) is 0 Å². The Hall–Kier alpha value is -2.62. The lowest BCUT2D eigenvalue weighted by Gasteiger charge is -2.26. The Morgan fingerprint density at radius 3 is 2.62 bits per heavy atom. The molecule has 2 aromatic carbocycles. The van der Waals surface area contributed by atoms with Crippen LogP contribution in [0.25, 0.3) is 0 Å². The minimum atomic E-state index is -0.849. The van der Waals surface area contributed by atoms with Crippen molar-refractivity contribution in [2.75, 3.05) is 5.32 Å². The maximum Gasteiger partial charge on any atom is 0.310 e. The molecule has 1 amide bonds. The normalized spacial score (nSPS) is 24.6. The Morgan fingerprint density at radius 2 is 1.88 bits per heavy atom. The minimum absolute atomic E-state index is 0.0245. The van der Waals surface area contributed by atoms with Crippen LogP contribution in [0.4, 0.5) is 5.69 Å². The van der Waals surface area contributed by atoms with E-state index in [2.05, 4.69) is 29.6 Å². The van der Waals surface area contributed by atoms with Crippen molar-refractivity contribution in [2.24, 2.45) is 5.92 Å². The molecule has 1 saturated carbocycles. The molecule has 0 radical (unpaired) electrons. The van der Waals surface area contributed by atoms with E-state index in [0.717, 1.165) is 36.9 Å². The van der Waals surface area contributed by atoms with Gasteiger partial charge in [0.05, 0.1) is 5.92 Å². The van der Waals surface area contributed by atoms with Gasteiger partial charge < -0.3 is 10.4 Å². The standard InChI is InChI=1S/C22H23NO3/c1-14(21(25)26)15-8-10-17(11-9-15)23-20(24)19-13-22(19)12-4-6-16-5-2-3-7-18(16)22/h2-3,5,7-11,14,19H,4,6,12-13H2,1H3,(H,23,24)(H,25,26). The Bertz CT molecular complexity index is 858. The summed E-state index contributed by atoms with van der Waals surface area (Å²) in [5.41, 5.74) is 4.23. The van der Waals surface area contributed by atoms with Crippen molar-refractivity contribution in [3.05, 3.63) is 65.2 Å². The SMILES string of the molecule is CC(C(=O)O)c1ccc(NC(=O)C2CC23CCCc2ccccc23)cc1. The van der Waals surface area contributed by atoms with E-state index < -0.39 is 11.9 Å². The number of carboxylic acid groups (broad SMARTS) is 1. The highest BCUT2D eigenvalue weighted by Gasteiger charge is 2.60. The van der Waals surface area contributed by atoms with Crippen LogP contribution in [0.2, 0.25) is 0 Å². The van der Waals surface area contributed by atoms with E-state index in [4.69, 9.17) is 5.11 Å². The molecular formula is C22H23NO3. The molecule has 3 atom stereocenters. The number of benzene rings is 2. The molecule has 2 aromatic rings. The predicted octanol–water partition coefficient (Wildman–Crippen LogP) is 4.11.